The van der Waals surface area contributed by atoms with Crippen molar-refractivity contribution in [3.63, 3.8) is 0 Å². The minimum Gasteiger partial charge on any atom is -0.302 e. The van der Waals surface area contributed by atoms with Crippen LogP contribution in [0.5, 0.6) is 0 Å². The van der Waals surface area contributed by atoms with E-state index in [1.165, 1.54) is 67.1 Å². The lowest BCUT2D eigenvalue weighted by atomic mass is 9.70. The van der Waals surface area contributed by atoms with Crippen molar-refractivity contribution in [2.24, 2.45) is 0 Å². The Balaban J connectivity index is 0.000000171. The molecule has 0 radical (unpaired) electrons. The van der Waals surface area contributed by atoms with Gasteiger partial charge in [0.05, 0.1) is 16.9 Å². The highest BCUT2D eigenvalue weighted by Gasteiger charge is 2.34. The molecule has 0 bridgehead atoms. The Labute approximate surface area is 182 Å². The Bertz CT molecular complexity index is 880. The van der Waals surface area contributed by atoms with Gasteiger partial charge in [0, 0.05) is 0 Å². The molecule has 0 aromatic heterocycles. The summed E-state index contributed by atoms with van der Waals surface area (Å²) in [7, 11) is 0. The quantitative estimate of drug-likeness (QED) is 0.514. The van der Waals surface area contributed by atoms with E-state index in [9.17, 15) is 10.1 Å². The van der Waals surface area contributed by atoms with Gasteiger partial charge in [0.15, 0.2) is 0 Å². The molecular formula is C28H35NO. The first-order valence-corrected chi connectivity index (χ1v) is 11.6. The maximum absolute atomic E-state index is 11.4. The number of benzene rings is 2. The molecule has 4 rings (SSSR count). The number of carbonyl (C=O) groups excluding carboxylic acids is 1. The van der Waals surface area contributed by atoms with E-state index in [1.54, 1.807) is 0 Å². The summed E-state index contributed by atoms with van der Waals surface area (Å²) in [5.74, 6) is 0. The van der Waals surface area contributed by atoms with Gasteiger partial charge in [-0.25, -0.2) is 0 Å². The fourth-order valence-corrected chi connectivity index (χ4v) is 5.18. The number of nitriles is 1. The second kappa shape index (κ2) is 10.1. The molecule has 0 spiro atoms. The average molecular weight is 402 g/mol. The Morgan fingerprint density at radius 1 is 0.767 bits per heavy atom. The van der Waals surface area contributed by atoms with Gasteiger partial charge < -0.3 is 4.79 Å². The van der Waals surface area contributed by atoms with Crippen molar-refractivity contribution < 1.29 is 4.79 Å². The number of aryl methyl sites for hydroxylation is 2. The fraction of sp³-hybridized carbons (Fsp3) is 0.500. The summed E-state index contributed by atoms with van der Waals surface area (Å²) >= 11 is 0. The minimum atomic E-state index is -0.190. The predicted molar refractivity (Wildman–Crippen MR) is 124 cm³/mol. The van der Waals surface area contributed by atoms with Crippen molar-refractivity contribution in [3.8, 4) is 6.07 Å². The van der Waals surface area contributed by atoms with Gasteiger partial charge in [0.1, 0.15) is 6.29 Å². The lowest BCUT2D eigenvalue weighted by molar-refractivity contribution is -0.113. The average Bonchev–Trinajstić information content (AvgIpc) is 2.80. The van der Waals surface area contributed by atoms with E-state index in [4.69, 9.17) is 0 Å². The molecule has 2 aromatic carbocycles. The van der Waals surface area contributed by atoms with Crippen LogP contribution in [0.25, 0.3) is 0 Å². The molecule has 158 valence electrons. The summed E-state index contributed by atoms with van der Waals surface area (Å²) < 4.78 is 0. The molecular weight excluding hydrogens is 366 g/mol. The maximum Gasteiger partial charge on any atom is 0.130 e. The molecule has 0 amide bonds. The van der Waals surface area contributed by atoms with Gasteiger partial charge >= 0.3 is 0 Å². The van der Waals surface area contributed by atoms with Gasteiger partial charge in [-0.05, 0) is 50.7 Å². The number of hydrogen-bond acceptors (Lipinski definition) is 2. The number of aldehydes is 1. The molecule has 30 heavy (non-hydrogen) atoms. The van der Waals surface area contributed by atoms with E-state index in [0.717, 1.165) is 25.7 Å². The third-order valence-electron chi connectivity index (χ3n) is 7.06. The van der Waals surface area contributed by atoms with Gasteiger partial charge in [0.2, 0.25) is 0 Å². The van der Waals surface area contributed by atoms with Crippen LogP contribution in [0, 0.1) is 25.2 Å². The first-order valence-electron chi connectivity index (χ1n) is 11.6. The van der Waals surface area contributed by atoms with Crippen molar-refractivity contribution in [2.45, 2.75) is 88.9 Å². The van der Waals surface area contributed by atoms with Crippen LogP contribution in [0.3, 0.4) is 0 Å². The monoisotopic (exact) mass is 401 g/mol. The molecule has 2 fully saturated rings. The first kappa shape index (κ1) is 22.3. The SMILES string of the molecule is Cc1cccc(C2(C#N)CCCCC2)c1.Cc1cccc(C2(C=O)CCCCC2)c1. The van der Waals surface area contributed by atoms with Crippen LogP contribution in [0.15, 0.2) is 48.5 Å². The molecule has 2 nitrogen and oxygen atoms in total. The maximum atomic E-state index is 11.4. The molecule has 0 saturated heterocycles. The second-order valence-electron chi connectivity index (χ2n) is 9.33. The van der Waals surface area contributed by atoms with Gasteiger partial charge in [-0.15, -0.1) is 0 Å². The number of hydrogen-bond donors (Lipinski definition) is 0. The van der Waals surface area contributed by atoms with Crippen LogP contribution in [-0.4, -0.2) is 6.29 Å². The van der Waals surface area contributed by atoms with E-state index in [1.807, 2.05) is 0 Å². The van der Waals surface area contributed by atoms with Crippen molar-refractivity contribution in [3.05, 3.63) is 70.8 Å². The standard InChI is InChI=1S/C14H17N.C14H18O/c2*1-12-6-5-7-13(10-12)14(11-15)8-3-2-4-9-14/h5-7,10H,2-4,8-9H2,1H3;5-7,10-11H,2-4,8-9H2,1H3. The van der Waals surface area contributed by atoms with E-state index in [0.29, 0.717) is 0 Å². The molecule has 2 aromatic rings. The predicted octanol–water partition coefficient (Wildman–Crippen LogP) is 7.12. The van der Waals surface area contributed by atoms with Crippen LogP contribution in [0.1, 0.15) is 86.5 Å². The highest BCUT2D eigenvalue weighted by Crippen LogP contribution is 2.39. The first-order chi connectivity index (χ1) is 14.5. The molecule has 0 aliphatic heterocycles. The lowest BCUT2D eigenvalue weighted by Gasteiger charge is -2.32. The summed E-state index contributed by atoms with van der Waals surface area (Å²) in [4.78, 5) is 11.4. The van der Waals surface area contributed by atoms with Crippen LogP contribution >= 0.6 is 0 Å². The highest BCUT2D eigenvalue weighted by atomic mass is 16.1. The van der Waals surface area contributed by atoms with Gasteiger partial charge in [-0.2, -0.15) is 5.26 Å². The Kier molecular flexibility index (Phi) is 7.48. The zero-order valence-electron chi connectivity index (χ0n) is 18.6. The van der Waals surface area contributed by atoms with Crippen molar-refractivity contribution >= 4 is 6.29 Å². The smallest absolute Gasteiger partial charge is 0.130 e. The molecule has 0 unspecified atom stereocenters. The minimum absolute atomic E-state index is 0.176. The van der Waals surface area contributed by atoms with E-state index < -0.39 is 0 Å². The van der Waals surface area contributed by atoms with E-state index in [2.05, 4.69) is 68.4 Å². The number of nitrogens with zero attached hydrogens (tertiary/aromatic N) is 1. The van der Waals surface area contributed by atoms with E-state index >= 15 is 0 Å². The molecule has 2 aliphatic rings. The third-order valence-corrected chi connectivity index (χ3v) is 7.06. The molecule has 2 heteroatoms. The van der Waals surface area contributed by atoms with Crippen molar-refractivity contribution in [1.29, 1.82) is 5.26 Å². The topological polar surface area (TPSA) is 40.9 Å². The van der Waals surface area contributed by atoms with Crippen LogP contribution in [-0.2, 0) is 15.6 Å². The molecule has 0 atom stereocenters. The Hall–Kier alpha value is -2.40. The normalized spacial score (nSPS) is 19.6. The van der Waals surface area contributed by atoms with Crippen LogP contribution in [0.2, 0.25) is 0 Å². The summed E-state index contributed by atoms with van der Waals surface area (Å²) in [5, 5.41) is 9.44. The zero-order valence-corrected chi connectivity index (χ0v) is 18.6. The van der Waals surface area contributed by atoms with Gasteiger partial charge in [-0.1, -0.05) is 98.2 Å². The van der Waals surface area contributed by atoms with Crippen molar-refractivity contribution in [1.82, 2.24) is 0 Å². The Morgan fingerprint density at radius 2 is 1.27 bits per heavy atom. The summed E-state index contributed by atoms with van der Waals surface area (Å²) in [6, 6.07) is 19.4. The number of carbonyl (C=O) groups is 1. The summed E-state index contributed by atoms with van der Waals surface area (Å²) in [5.41, 5.74) is 4.59. The molecule has 0 heterocycles. The molecule has 0 N–H and O–H groups in total. The van der Waals surface area contributed by atoms with E-state index in [-0.39, 0.29) is 10.8 Å². The number of rotatable bonds is 3. The zero-order chi connectivity index (χ0) is 21.5. The van der Waals surface area contributed by atoms with Gasteiger partial charge in [-0.3, -0.25) is 0 Å². The molecule has 2 aliphatic carbocycles. The largest absolute Gasteiger partial charge is 0.302 e. The third kappa shape index (κ3) is 5.01. The van der Waals surface area contributed by atoms with Crippen molar-refractivity contribution in [2.75, 3.05) is 0 Å². The molecule has 2 saturated carbocycles. The summed E-state index contributed by atoms with van der Waals surface area (Å²) in [6.45, 7) is 4.18. The Morgan fingerprint density at radius 3 is 1.77 bits per heavy atom. The highest BCUT2D eigenvalue weighted by molar-refractivity contribution is 5.69. The van der Waals surface area contributed by atoms with Crippen LogP contribution < -0.4 is 0 Å². The van der Waals surface area contributed by atoms with Gasteiger partial charge in [0.25, 0.3) is 0 Å². The second-order valence-corrected chi connectivity index (χ2v) is 9.33. The van der Waals surface area contributed by atoms with Crippen LogP contribution in [0.4, 0.5) is 0 Å². The fourth-order valence-electron chi connectivity index (χ4n) is 5.18. The summed E-state index contributed by atoms with van der Waals surface area (Å²) in [6.07, 6.45) is 12.6. The lowest BCUT2D eigenvalue weighted by Crippen LogP contribution is -2.30.